The maximum Gasteiger partial charge on any atom is 0.317 e. The number of benzene rings is 5. The first kappa shape index (κ1) is 80.5. The third-order valence-electron chi connectivity index (χ3n) is 12.8. The number of carbonyl (C=O) groups is 3. The minimum Gasteiger partial charge on any atom is -0.466 e. The lowest BCUT2D eigenvalue weighted by Crippen LogP contribution is -2.27. The lowest BCUT2D eigenvalue weighted by Gasteiger charge is -2.29. The molecule has 0 atom stereocenters. The number of rotatable bonds is 18. The average Bonchev–Trinajstić information content (AvgIpc) is 1.38. The molecule has 0 radical (unpaired) electrons. The summed E-state index contributed by atoms with van der Waals surface area (Å²) in [6, 6.07) is 33.5. The molecule has 16 heteroatoms. The standard InChI is InChI=1S/C23H23FO2.C19H26O2Si.C12H14OSi.C7H6FI.C7H12O4.C7H14O2/c1-3-4-5-19-15-25-23(26-16-19)21-12-8-18(9-13-21)7-11-20-10-6-17(2)14-22(20)24;1-5-6-7-17-14-20-19(21-15-17)18-10-8-16(9-11-18)12-13-22(2,3)4;1-14(2,3)9-8-11-4-6-12(10-13)7-5-11;1-5-2-3-7(9)6(8)4-5;1-3-10-6(8)5-7(9)11-4-2;1-2-3-4-7(5-8)6-9/h3,6,8-10,12-14,19,23H,1,4-5,15-16H2,2H3;5,8-11,17,19H,1,6-7,14-15H2,2-4H3;4-7,10H,1-3H3;2-4H,1H3;3-5H2,1-2H3;2,7-9H,1,3-6H2. The quantitative estimate of drug-likeness (QED) is 0.0164. The van der Waals surface area contributed by atoms with E-state index in [1.165, 1.54) is 12.1 Å². The Morgan fingerprint density at radius 3 is 1.34 bits per heavy atom. The molecule has 2 aliphatic rings. The van der Waals surface area contributed by atoms with Crippen molar-refractivity contribution in [3.63, 3.8) is 0 Å². The van der Waals surface area contributed by atoms with Crippen molar-refractivity contribution in [2.24, 2.45) is 17.8 Å². The number of ether oxygens (including phenoxy) is 6. The normalized spacial score (nSPS) is 15.4. The number of halogens is 3. The number of aliphatic hydroxyl groups is 2. The molecule has 0 spiro atoms. The van der Waals surface area contributed by atoms with Gasteiger partial charge in [0.1, 0.15) is 40.5 Å². The third-order valence-corrected chi connectivity index (χ3v) is 15.4. The van der Waals surface area contributed by atoms with Crippen molar-refractivity contribution in [2.75, 3.05) is 52.9 Å². The topological polar surface area (TPSA) is 147 Å². The van der Waals surface area contributed by atoms with E-state index >= 15 is 0 Å². The first-order chi connectivity index (χ1) is 43.4. The molecule has 2 saturated heterocycles. The Morgan fingerprint density at radius 2 is 0.989 bits per heavy atom. The molecule has 0 bridgehead atoms. The first-order valence-corrected chi connectivity index (χ1v) is 38.8. The molecule has 91 heavy (non-hydrogen) atoms. The zero-order valence-electron chi connectivity index (χ0n) is 55.0. The Kier molecular flexibility index (Phi) is 40.4. The molecular weight excluding hydrogens is 1300 g/mol. The summed E-state index contributed by atoms with van der Waals surface area (Å²) in [4.78, 5) is 31.6. The van der Waals surface area contributed by atoms with Gasteiger partial charge in [-0.3, -0.25) is 14.4 Å². The maximum absolute atomic E-state index is 13.8. The first-order valence-electron chi connectivity index (χ1n) is 30.7. The summed E-state index contributed by atoms with van der Waals surface area (Å²) in [5.41, 5.74) is 14.5. The van der Waals surface area contributed by atoms with Crippen molar-refractivity contribution in [3.05, 3.63) is 212 Å². The molecule has 0 aliphatic carbocycles. The van der Waals surface area contributed by atoms with Crippen LogP contribution < -0.4 is 0 Å². The predicted octanol–water partition coefficient (Wildman–Crippen LogP) is 16.2. The van der Waals surface area contributed by atoms with Crippen LogP contribution >= 0.6 is 22.6 Å². The molecule has 2 heterocycles. The van der Waals surface area contributed by atoms with Gasteiger partial charge in [0, 0.05) is 67.9 Å². The fourth-order valence-corrected chi connectivity index (χ4v) is 9.10. The summed E-state index contributed by atoms with van der Waals surface area (Å²) in [7, 11) is -2.61. The highest BCUT2D eigenvalue weighted by molar-refractivity contribution is 14.1. The summed E-state index contributed by atoms with van der Waals surface area (Å²) in [5.74, 6) is 11.8. The van der Waals surface area contributed by atoms with E-state index in [9.17, 15) is 23.2 Å². The summed E-state index contributed by atoms with van der Waals surface area (Å²) in [6.45, 7) is 35.2. The van der Waals surface area contributed by atoms with Gasteiger partial charge < -0.3 is 38.6 Å². The van der Waals surface area contributed by atoms with E-state index in [0.717, 1.165) is 97.0 Å². The summed E-state index contributed by atoms with van der Waals surface area (Å²) in [5, 5.41) is 17.1. The number of aliphatic hydroxyl groups excluding tert-OH is 2. The van der Waals surface area contributed by atoms with E-state index in [4.69, 9.17) is 29.2 Å². The Morgan fingerprint density at radius 1 is 0.593 bits per heavy atom. The fraction of sp³-hybridized carbons (Fsp3) is 0.400. The van der Waals surface area contributed by atoms with Gasteiger partial charge in [-0.2, -0.15) is 0 Å². The minimum atomic E-state index is -1.32. The van der Waals surface area contributed by atoms with Gasteiger partial charge >= 0.3 is 11.9 Å². The van der Waals surface area contributed by atoms with Crippen LogP contribution in [0.1, 0.15) is 126 Å². The van der Waals surface area contributed by atoms with Crippen molar-refractivity contribution in [3.8, 4) is 34.8 Å². The Hall–Kier alpha value is -6.61. The van der Waals surface area contributed by atoms with E-state index in [2.05, 4.69) is 128 Å². The number of hydrogen-bond donors (Lipinski definition) is 2. The zero-order chi connectivity index (χ0) is 67.6. The highest BCUT2D eigenvalue weighted by Crippen LogP contribution is 2.29. The monoisotopic (exact) mass is 1390 g/mol. The number of allylic oxidation sites excluding steroid dienone is 3. The van der Waals surface area contributed by atoms with Crippen LogP contribution in [0.2, 0.25) is 39.3 Å². The molecule has 0 saturated carbocycles. The lowest BCUT2D eigenvalue weighted by atomic mass is 10.0. The lowest BCUT2D eigenvalue weighted by molar-refractivity contribution is -0.206. The van der Waals surface area contributed by atoms with Gasteiger partial charge in [0.2, 0.25) is 0 Å². The second-order valence-electron chi connectivity index (χ2n) is 23.5. The van der Waals surface area contributed by atoms with E-state index in [1.807, 2.05) is 97.1 Å². The van der Waals surface area contributed by atoms with E-state index in [-0.39, 0.29) is 63.0 Å². The van der Waals surface area contributed by atoms with Crippen LogP contribution in [0.5, 0.6) is 0 Å². The second kappa shape index (κ2) is 45.6. The molecule has 2 aliphatic heterocycles. The molecule has 2 fully saturated rings. The van der Waals surface area contributed by atoms with Crippen LogP contribution in [-0.2, 0) is 38.0 Å². The smallest absolute Gasteiger partial charge is 0.317 e. The SMILES string of the molecule is C=CCCC(CO)CO.C=CCCC1COC(c2ccc(C#C[Si](C)(C)C)cc2)OC1.C=CCCC1COC(c2ccc(C#Cc3ccc(C)cc3F)cc2)OC1.CCOC(=O)CC(=O)OCC.C[Si](C)(C)C#Cc1ccc(C=O)cc1.Cc1ccc(I)c(F)c1. The molecule has 490 valence electrons. The number of aldehydes is 1. The molecular formula is C75H95F2IO11Si2. The van der Waals surface area contributed by atoms with E-state index in [0.29, 0.717) is 39.7 Å². The molecule has 0 unspecified atom stereocenters. The molecule has 0 amide bonds. The fourth-order valence-electron chi connectivity index (χ4n) is 7.72. The molecule has 5 aromatic carbocycles. The van der Waals surface area contributed by atoms with Gasteiger partial charge in [0.15, 0.2) is 12.6 Å². The average molecular weight is 1390 g/mol. The van der Waals surface area contributed by atoms with Crippen LogP contribution in [-0.4, -0.2) is 97.4 Å². The van der Waals surface area contributed by atoms with Crippen molar-refractivity contribution in [1.82, 2.24) is 0 Å². The third kappa shape index (κ3) is 36.9. The highest BCUT2D eigenvalue weighted by Gasteiger charge is 2.24. The van der Waals surface area contributed by atoms with Crippen molar-refractivity contribution in [1.29, 1.82) is 0 Å². The van der Waals surface area contributed by atoms with Crippen LogP contribution in [0.15, 0.2) is 147 Å². The number of aryl methyl sites for hydroxylation is 2. The van der Waals surface area contributed by atoms with Gasteiger partial charge in [-0.05, 0) is 161 Å². The molecule has 2 N–H and O–H groups in total. The van der Waals surface area contributed by atoms with Crippen LogP contribution in [0.3, 0.4) is 0 Å². The van der Waals surface area contributed by atoms with Crippen LogP contribution in [0, 0.1) is 81.6 Å². The Balaban J connectivity index is 0.000000392. The Bertz CT molecular complexity index is 3140. The second-order valence-corrected chi connectivity index (χ2v) is 34.1. The molecule has 7 rings (SSSR count). The molecule has 11 nitrogen and oxygen atoms in total. The molecule has 5 aromatic rings. The predicted molar refractivity (Wildman–Crippen MR) is 376 cm³/mol. The van der Waals surface area contributed by atoms with Gasteiger partial charge in [-0.1, -0.05) is 130 Å². The van der Waals surface area contributed by atoms with Gasteiger partial charge in [-0.25, -0.2) is 8.78 Å². The zero-order valence-corrected chi connectivity index (χ0v) is 59.2. The van der Waals surface area contributed by atoms with Crippen LogP contribution in [0.4, 0.5) is 8.78 Å². The van der Waals surface area contributed by atoms with E-state index < -0.39 is 28.1 Å². The van der Waals surface area contributed by atoms with Crippen molar-refractivity contribution < 1.29 is 61.8 Å². The van der Waals surface area contributed by atoms with Crippen LogP contribution in [0.25, 0.3) is 0 Å². The van der Waals surface area contributed by atoms with Crippen molar-refractivity contribution in [2.45, 2.75) is 125 Å². The minimum absolute atomic E-state index is 0.0444. The maximum atomic E-state index is 13.8. The summed E-state index contributed by atoms with van der Waals surface area (Å²) < 4.78 is 59.5. The Labute approximate surface area is 557 Å². The number of carbonyl (C=O) groups excluding carboxylic acids is 3. The van der Waals surface area contributed by atoms with Gasteiger partial charge in [0.25, 0.3) is 0 Å². The number of esters is 2. The number of hydrogen-bond acceptors (Lipinski definition) is 11. The summed E-state index contributed by atoms with van der Waals surface area (Å²) in [6.07, 6.45) is 11.5. The van der Waals surface area contributed by atoms with Gasteiger partial charge in [-0.15, -0.1) is 30.8 Å². The highest BCUT2D eigenvalue weighted by atomic mass is 127. The summed E-state index contributed by atoms with van der Waals surface area (Å²) >= 11 is 1.97. The molecule has 0 aromatic heterocycles. The largest absolute Gasteiger partial charge is 0.466 e. The van der Waals surface area contributed by atoms with Gasteiger partial charge in [0.05, 0.1) is 45.2 Å². The van der Waals surface area contributed by atoms with Crippen molar-refractivity contribution >= 4 is 57.0 Å². The van der Waals surface area contributed by atoms with E-state index in [1.54, 1.807) is 44.2 Å².